The van der Waals surface area contributed by atoms with Crippen LogP contribution in [0.4, 0.5) is 16.3 Å². The first-order chi connectivity index (χ1) is 18.8. The standard InChI is InChI=1S/C29H33N5O3S2/c1-29(2,3)25-18-26(33-39-25)32-28(35)30-22-8-4-20(5-9-22)24-19-38-27(31-24)21-6-10-23(11-7-21)37-17-14-34-12-15-36-16-13-34/h4-11,18-19H,12-17H2,1-3H3,(H2,30,32,33,35). The molecule has 2 N–H and O–H groups in total. The van der Waals surface area contributed by atoms with E-state index in [4.69, 9.17) is 14.5 Å². The molecule has 1 aliphatic heterocycles. The molecule has 2 aromatic carbocycles. The average Bonchev–Trinajstić information content (AvgIpc) is 3.61. The van der Waals surface area contributed by atoms with Crippen LogP contribution in [0.2, 0.25) is 0 Å². The molecule has 4 aromatic rings. The van der Waals surface area contributed by atoms with Crippen molar-refractivity contribution in [2.45, 2.75) is 26.2 Å². The molecular weight excluding hydrogens is 530 g/mol. The van der Waals surface area contributed by atoms with Gasteiger partial charge in [-0.25, -0.2) is 9.78 Å². The Morgan fingerprint density at radius 1 is 1.03 bits per heavy atom. The molecule has 3 heterocycles. The number of anilines is 2. The predicted octanol–water partition coefficient (Wildman–Crippen LogP) is 6.59. The van der Waals surface area contributed by atoms with Crippen LogP contribution in [-0.4, -0.2) is 59.7 Å². The van der Waals surface area contributed by atoms with E-state index in [9.17, 15) is 4.79 Å². The van der Waals surface area contributed by atoms with Crippen molar-refractivity contribution >= 4 is 40.4 Å². The second-order valence-electron chi connectivity index (χ2n) is 10.3. The lowest BCUT2D eigenvalue weighted by atomic mass is 9.95. The summed E-state index contributed by atoms with van der Waals surface area (Å²) < 4.78 is 15.6. The summed E-state index contributed by atoms with van der Waals surface area (Å²) in [7, 11) is 0. The molecule has 0 aliphatic carbocycles. The zero-order valence-electron chi connectivity index (χ0n) is 22.4. The van der Waals surface area contributed by atoms with E-state index in [1.165, 1.54) is 11.5 Å². The normalized spacial score (nSPS) is 14.2. The van der Waals surface area contributed by atoms with Crippen molar-refractivity contribution in [1.29, 1.82) is 0 Å². The molecule has 0 radical (unpaired) electrons. The maximum absolute atomic E-state index is 12.4. The molecule has 2 amide bonds. The largest absolute Gasteiger partial charge is 0.492 e. The Kier molecular flexibility index (Phi) is 8.56. The van der Waals surface area contributed by atoms with Crippen molar-refractivity contribution < 1.29 is 14.3 Å². The zero-order chi connectivity index (χ0) is 27.2. The number of nitrogens with zero attached hydrogens (tertiary/aromatic N) is 3. The summed E-state index contributed by atoms with van der Waals surface area (Å²) in [5.74, 6) is 1.42. The van der Waals surface area contributed by atoms with Crippen LogP contribution in [-0.2, 0) is 10.2 Å². The van der Waals surface area contributed by atoms with Gasteiger partial charge in [-0.2, -0.15) is 4.37 Å². The maximum Gasteiger partial charge on any atom is 0.324 e. The highest BCUT2D eigenvalue weighted by Gasteiger charge is 2.18. The third-order valence-electron chi connectivity index (χ3n) is 6.31. The third kappa shape index (κ3) is 7.42. The van der Waals surface area contributed by atoms with E-state index >= 15 is 0 Å². The van der Waals surface area contributed by atoms with Gasteiger partial charge in [0.25, 0.3) is 0 Å². The molecule has 39 heavy (non-hydrogen) atoms. The fourth-order valence-electron chi connectivity index (χ4n) is 4.04. The molecule has 0 bridgehead atoms. The first-order valence-electron chi connectivity index (χ1n) is 13.0. The molecule has 1 fully saturated rings. The van der Waals surface area contributed by atoms with Crippen molar-refractivity contribution in [3.05, 3.63) is 64.9 Å². The molecule has 0 saturated carbocycles. The monoisotopic (exact) mass is 563 g/mol. The van der Waals surface area contributed by atoms with Crippen LogP contribution >= 0.6 is 22.9 Å². The molecule has 204 valence electrons. The van der Waals surface area contributed by atoms with Gasteiger partial charge in [-0.3, -0.25) is 10.2 Å². The Morgan fingerprint density at radius 2 is 1.74 bits per heavy atom. The Hall–Kier alpha value is -3.31. The summed E-state index contributed by atoms with van der Waals surface area (Å²) in [6.07, 6.45) is 0. The SMILES string of the molecule is CC(C)(C)c1cc(NC(=O)Nc2ccc(-c3csc(-c4ccc(OCCN5CCOCC5)cc4)n3)cc2)ns1. The molecule has 0 spiro atoms. The van der Waals surface area contributed by atoms with Crippen LogP contribution in [0, 0.1) is 0 Å². The second-order valence-corrected chi connectivity index (χ2v) is 12.0. The van der Waals surface area contributed by atoms with E-state index < -0.39 is 0 Å². The average molecular weight is 564 g/mol. The van der Waals surface area contributed by atoms with Gasteiger partial charge in [0.05, 0.1) is 18.9 Å². The number of amides is 2. The number of ether oxygens (including phenoxy) is 2. The number of hydrogen-bond donors (Lipinski definition) is 2. The lowest BCUT2D eigenvalue weighted by Gasteiger charge is -2.26. The number of rotatable bonds is 8. The van der Waals surface area contributed by atoms with Crippen molar-refractivity contribution in [2.24, 2.45) is 0 Å². The van der Waals surface area contributed by atoms with Crippen LogP contribution in [0.5, 0.6) is 5.75 Å². The second kappa shape index (κ2) is 12.3. The van der Waals surface area contributed by atoms with Crippen molar-refractivity contribution in [2.75, 3.05) is 50.1 Å². The summed E-state index contributed by atoms with van der Waals surface area (Å²) >= 11 is 3.01. The molecular formula is C29H33N5O3S2. The van der Waals surface area contributed by atoms with Gasteiger partial charge in [0.15, 0.2) is 0 Å². The smallest absolute Gasteiger partial charge is 0.324 e. The summed E-state index contributed by atoms with van der Waals surface area (Å²) in [6.45, 7) is 11.5. The third-order valence-corrected chi connectivity index (χ3v) is 8.42. The van der Waals surface area contributed by atoms with Crippen LogP contribution in [0.15, 0.2) is 60.0 Å². The Labute approximate surface area is 237 Å². The number of carbonyl (C=O) groups excluding carboxylic acids is 1. The van der Waals surface area contributed by atoms with Crippen LogP contribution in [0.3, 0.4) is 0 Å². The number of aromatic nitrogens is 2. The molecule has 2 aromatic heterocycles. The predicted molar refractivity (Wildman–Crippen MR) is 159 cm³/mol. The summed E-state index contributed by atoms with van der Waals surface area (Å²) in [6, 6.07) is 17.3. The highest BCUT2D eigenvalue weighted by molar-refractivity contribution is 7.13. The van der Waals surface area contributed by atoms with E-state index in [0.717, 1.165) is 65.3 Å². The van der Waals surface area contributed by atoms with E-state index in [2.05, 4.69) is 40.7 Å². The van der Waals surface area contributed by atoms with Gasteiger partial charge in [-0.1, -0.05) is 32.9 Å². The summed E-state index contributed by atoms with van der Waals surface area (Å²) in [5, 5.41) is 8.66. The van der Waals surface area contributed by atoms with Gasteiger partial charge >= 0.3 is 6.03 Å². The minimum Gasteiger partial charge on any atom is -0.492 e. The number of thiazole rings is 1. The van der Waals surface area contributed by atoms with Gasteiger partial charge in [0.1, 0.15) is 23.2 Å². The number of nitrogens with one attached hydrogen (secondary N) is 2. The van der Waals surface area contributed by atoms with E-state index in [1.54, 1.807) is 11.3 Å². The highest BCUT2D eigenvalue weighted by Crippen LogP contribution is 2.31. The van der Waals surface area contributed by atoms with E-state index in [1.807, 2.05) is 60.0 Å². The summed E-state index contributed by atoms with van der Waals surface area (Å²) in [5.41, 5.74) is 3.64. The number of carbonyl (C=O) groups is 1. The first-order valence-corrected chi connectivity index (χ1v) is 14.6. The van der Waals surface area contributed by atoms with Gasteiger partial charge in [-0.05, 0) is 59.4 Å². The topological polar surface area (TPSA) is 88.6 Å². The zero-order valence-corrected chi connectivity index (χ0v) is 24.0. The number of benzene rings is 2. The fraction of sp³-hybridized carbons (Fsp3) is 0.345. The first kappa shape index (κ1) is 27.3. The maximum atomic E-state index is 12.4. The van der Waals surface area contributed by atoms with Gasteiger partial charge in [-0.15, -0.1) is 11.3 Å². The van der Waals surface area contributed by atoms with Crippen LogP contribution in [0.1, 0.15) is 25.6 Å². The number of urea groups is 1. The molecule has 0 unspecified atom stereocenters. The van der Waals surface area contributed by atoms with Crippen LogP contribution < -0.4 is 15.4 Å². The molecule has 8 nitrogen and oxygen atoms in total. The lowest BCUT2D eigenvalue weighted by Crippen LogP contribution is -2.38. The molecule has 5 rings (SSSR count). The molecule has 1 aliphatic rings. The van der Waals surface area contributed by atoms with Gasteiger partial charge < -0.3 is 14.8 Å². The fourth-order valence-corrected chi connectivity index (χ4v) is 5.61. The van der Waals surface area contributed by atoms with Crippen molar-refractivity contribution in [3.63, 3.8) is 0 Å². The Bertz CT molecular complexity index is 1370. The highest BCUT2D eigenvalue weighted by atomic mass is 32.1. The minimum absolute atomic E-state index is 0.000501. The van der Waals surface area contributed by atoms with Gasteiger partial charge in [0.2, 0.25) is 0 Å². The van der Waals surface area contributed by atoms with Crippen LogP contribution in [0.25, 0.3) is 21.8 Å². The van der Waals surface area contributed by atoms with Crippen molar-refractivity contribution in [1.82, 2.24) is 14.3 Å². The lowest BCUT2D eigenvalue weighted by molar-refractivity contribution is 0.0322. The Morgan fingerprint density at radius 3 is 2.44 bits per heavy atom. The molecule has 1 saturated heterocycles. The molecule has 0 atom stereocenters. The van der Waals surface area contributed by atoms with E-state index in [0.29, 0.717) is 18.1 Å². The van der Waals surface area contributed by atoms with Crippen molar-refractivity contribution in [3.8, 4) is 27.6 Å². The quantitative estimate of drug-likeness (QED) is 0.252. The Balaban J connectivity index is 1.13. The number of hydrogen-bond acceptors (Lipinski definition) is 8. The van der Waals surface area contributed by atoms with E-state index in [-0.39, 0.29) is 11.4 Å². The minimum atomic E-state index is -0.321. The summed E-state index contributed by atoms with van der Waals surface area (Å²) in [4.78, 5) is 20.7. The number of morpholine rings is 1. The molecule has 10 heteroatoms. The van der Waals surface area contributed by atoms with Gasteiger partial charge in [0, 0.05) is 46.7 Å².